The van der Waals surface area contributed by atoms with E-state index in [1.165, 1.54) is 7.05 Å². The lowest BCUT2D eigenvalue weighted by Crippen LogP contribution is -2.26. The first-order valence-corrected chi connectivity index (χ1v) is 6.26. The van der Waals surface area contributed by atoms with Crippen LogP contribution >= 0.6 is 23.2 Å². The molecule has 1 aliphatic heterocycles. The van der Waals surface area contributed by atoms with Gasteiger partial charge in [0.2, 0.25) is 0 Å². The SMILES string of the molecule is CN1C(=O)C(Cl)=C(c2c[nH]c3c(Cl)cccc23)C1=O. The summed E-state index contributed by atoms with van der Waals surface area (Å²) >= 11 is 12.0. The third-order valence-electron chi connectivity index (χ3n) is 3.16. The smallest absolute Gasteiger partial charge is 0.272 e. The van der Waals surface area contributed by atoms with Gasteiger partial charge in [0.15, 0.2) is 0 Å². The zero-order valence-corrected chi connectivity index (χ0v) is 11.3. The highest BCUT2D eigenvalue weighted by Crippen LogP contribution is 2.36. The maximum atomic E-state index is 12.1. The largest absolute Gasteiger partial charge is 0.359 e. The number of nitrogens with zero attached hydrogens (tertiary/aromatic N) is 1. The molecule has 0 bridgehead atoms. The minimum Gasteiger partial charge on any atom is -0.359 e. The zero-order chi connectivity index (χ0) is 13.7. The van der Waals surface area contributed by atoms with Crippen molar-refractivity contribution in [3.8, 4) is 0 Å². The number of rotatable bonds is 1. The molecule has 0 saturated carbocycles. The molecule has 96 valence electrons. The Hall–Kier alpha value is -1.78. The topological polar surface area (TPSA) is 53.2 Å². The van der Waals surface area contributed by atoms with Gasteiger partial charge in [-0.3, -0.25) is 14.5 Å². The lowest BCUT2D eigenvalue weighted by Gasteiger charge is -2.05. The Kier molecular flexibility index (Phi) is 2.66. The quantitative estimate of drug-likeness (QED) is 0.822. The van der Waals surface area contributed by atoms with Gasteiger partial charge in [-0.15, -0.1) is 0 Å². The number of aromatic nitrogens is 1. The number of nitrogens with one attached hydrogen (secondary N) is 1. The average molecular weight is 295 g/mol. The van der Waals surface area contributed by atoms with Gasteiger partial charge in [-0.25, -0.2) is 0 Å². The molecule has 1 aromatic carbocycles. The fourth-order valence-electron chi connectivity index (χ4n) is 2.17. The Morgan fingerprint density at radius 1 is 1.16 bits per heavy atom. The van der Waals surface area contributed by atoms with Gasteiger partial charge in [0.05, 0.1) is 16.1 Å². The number of fused-ring (bicyclic) bond motifs is 1. The minimum atomic E-state index is -0.488. The second kappa shape index (κ2) is 4.11. The number of hydrogen-bond donors (Lipinski definition) is 1. The highest BCUT2D eigenvalue weighted by molar-refractivity contribution is 6.55. The Bertz CT molecular complexity index is 761. The molecule has 0 aliphatic carbocycles. The number of halogens is 2. The number of likely N-dealkylation sites (N-methyl/N-ethyl adjacent to an activating group) is 1. The summed E-state index contributed by atoms with van der Waals surface area (Å²) in [6.45, 7) is 0. The molecule has 0 fully saturated rings. The van der Waals surface area contributed by atoms with Crippen LogP contribution in [0.4, 0.5) is 0 Å². The van der Waals surface area contributed by atoms with Crippen LogP contribution < -0.4 is 0 Å². The zero-order valence-electron chi connectivity index (χ0n) is 9.83. The molecule has 3 rings (SSSR count). The predicted molar refractivity (Wildman–Crippen MR) is 73.9 cm³/mol. The van der Waals surface area contributed by atoms with Gasteiger partial charge < -0.3 is 4.98 Å². The summed E-state index contributed by atoms with van der Waals surface area (Å²) in [5, 5.41) is 1.25. The third-order valence-corrected chi connectivity index (χ3v) is 3.83. The molecule has 0 radical (unpaired) electrons. The molecule has 2 amide bonds. The van der Waals surface area contributed by atoms with E-state index in [-0.39, 0.29) is 10.6 Å². The lowest BCUT2D eigenvalue weighted by atomic mass is 10.1. The Morgan fingerprint density at radius 3 is 2.53 bits per heavy atom. The van der Waals surface area contributed by atoms with Crippen molar-refractivity contribution in [2.75, 3.05) is 7.05 Å². The van der Waals surface area contributed by atoms with Gasteiger partial charge in [0.1, 0.15) is 5.03 Å². The highest BCUT2D eigenvalue weighted by atomic mass is 35.5. The lowest BCUT2D eigenvalue weighted by molar-refractivity contribution is -0.134. The third kappa shape index (κ3) is 1.60. The van der Waals surface area contributed by atoms with Gasteiger partial charge in [-0.1, -0.05) is 35.3 Å². The Labute approximate surface area is 118 Å². The molecule has 1 N–H and O–H groups in total. The predicted octanol–water partition coefficient (Wildman–Crippen LogP) is 2.77. The number of carbonyl (C=O) groups excluding carboxylic acids is 2. The molecular weight excluding hydrogens is 287 g/mol. The maximum absolute atomic E-state index is 12.1. The molecule has 2 heterocycles. The standard InChI is InChI=1S/C13H8Cl2N2O2/c1-17-12(18)9(10(15)13(17)19)7-5-16-11-6(7)3-2-4-8(11)14/h2-5,16H,1H3. The number of benzene rings is 1. The van der Waals surface area contributed by atoms with E-state index in [4.69, 9.17) is 23.2 Å². The van der Waals surface area contributed by atoms with Crippen molar-refractivity contribution in [2.45, 2.75) is 0 Å². The number of H-pyrrole nitrogens is 1. The summed E-state index contributed by atoms with van der Waals surface area (Å²) in [5.41, 5.74) is 1.51. The molecule has 0 unspecified atom stereocenters. The Balaban J connectivity index is 2.29. The van der Waals surface area contributed by atoms with Crippen LogP contribution in [0.2, 0.25) is 5.02 Å². The number of carbonyl (C=O) groups is 2. The number of hydrogen-bond acceptors (Lipinski definition) is 2. The van der Waals surface area contributed by atoms with E-state index >= 15 is 0 Å². The summed E-state index contributed by atoms with van der Waals surface area (Å²) in [6, 6.07) is 5.34. The molecule has 6 heteroatoms. The van der Waals surface area contributed by atoms with Crippen LogP contribution in [-0.4, -0.2) is 28.7 Å². The second-order valence-electron chi connectivity index (χ2n) is 4.22. The molecule has 0 spiro atoms. The van der Waals surface area contributed by atoms with E-state index in [1.807, 2.05) is 6.07 Å². The van der Waals surface area contributed by atoms with Crippen molar-refractivity contribution in [2.24, 2.45) is 0 Å². The monoisotopic (exact) mass is 294 g/mol. The first-order chi connectivity index (χ1) is 9.02. The average Bonchev–Trinajstić information content (AvgIpc) is 2.89. The van der Waals surface area contributed by atoms with Crippen LogP contribution in [-0.2, 0) is 9.59 Å². The molecule has 1 aromatic heterocycles. The number of para-hydroxylation sites is 1. The van der Waals surface area contributed by atoms with Crippen molar-refractivity contribution in [1.82, 2.24) is 9.88 Å². The summed E-state index contributed by atoms with van der Waals surface area (Å²) in [7, 11) is 1.40. The van der Waals surface area contributed by atoms with E-state index in [0.29, 0.717) is 16.1 Å². The van der Waals surface area contributed by atoms with Gasteiger partial charge in [-0.2, -0.15) is 0 Å². The van der Waals surface area contributed by atoms with E-state index in [1.54, 1.807) is 18.3 Å². The number of aromatic amines is 1. The molecule has 0 atom stereocenters. The van der Waals surface area contributed by atoms with Crippen molar-refractivity contribution in [3.63, 3.8) is 0 Å². The minimum absolute atomic E-state index is 0.0617. The molecule has 2 aromatic rings. The van der Waals surface area contributed by atoms with Crippen LogP contribution in [0, 0.1) is 0 Å². The van der Waals surface area contributed by atoms with Gasteiger partial charge in [-0.05, 0) is 6.07 Å². The maximum Gasteiger partial charge on any atom is 0.272 e. The van der Waals surface area contributed by atoms with Gasteiger partial charge >= 0.3 is 0 Å². The van der Waals surface area contributed by atoms with Crippen molar-refractivity contribution >= 4 is 51.5 Å². The van der Waals surface area contributed by atoms with E-state index in [9.17, 15) is 9.59 Å². The van der Waals surface area contributed by atoms with E-state index in [2.05, 4.69) is 4.98 Å². The summed E-state index contributed by atoms with van der Waals surface area (Å²) in [6.07, 6.45) is 1.64. The fourth-order valence-corrected chi connectivity index (χ4v) is 2.70. The summed E-state index contributed by atoms with van der Waals surface area (Å²) < 4.78 is 0. The van der Waals surface area contributed by atoms with Gasteiger partial charge in [0.25, 0.3) is 11.8 Å². The molecule has 19 heavy (non-hydrogen) atoms. The number of imide groups is 1. The van der Waals surface area contributed by atoms with Crippen molar-refractivity contribution < 1.29 is 9.59 Å². The molecule has 0 saturated heterocycles. The molecule has 4 nitrogen and oxygen atoms in total. The van der Waals surface area contributed by atoms with Crippen molar-refractivity contribution in [3.05, 3.63) is 40.0 Å². The van der Waals surface area contributed by atoms with Crippen LogP contribution in [0.3, 0.4) is 0 Å². The second-order valence-corrected chi connectivity index (χ2v) is 5.01. The Morgan fingerprint density at radius 2 is 1.89 bits per heavy atom. The first kappa shape index (κ1) is 12.3. The molecule has 1 aliphatic rings. The van der Waals surface area contributed by atoms with Crippen LogP contribution in [0.1, 0.15) is 5.56 Å². The normalized spacial score (nSPS) is 16.1. The van der Waals surface area contributed by atoms with Crippen LogP contribution in [0.5, 0.6) is 0 Å². The number of amides is 2. The fraction of sp³-hybridized carbons (Fsp3) is 0.0769. The van der Waals surface area contributed by atoms with E-state index < -0.39 is 11.8 Å². The summed E-state index contributed by atoms with van der Waals surface area (Å²) in [4.78, 5) is 27.8. The molecular formula is C13H8Cl2N2O2. The highest BCUT2D eigenvalue weighted by Gasteiger charge is 2.36. The summed E-state index contributed by atoms with van der Waals surface area (Å²) in [5.74, 6) is -0.895. The van der Waals surface area contributed by atoms with Crippen LogP contribution in [0.25, 0.3) is 16.5 Å². The van der Waals surface area contributed by atoms with Crippen LogP contribution in [0.15, 0.2) is 29.4 Å². The van der Waals surface area contributed by atoms with Crippen molar-refractivity contribution in [1.29, 1.82) is 0 Å². The van der Waals surface area contributed by atoms with Gasteiger partial charge in [0, 0.05) is 24.2 Å². The first-order valence-electron chi connectivity index (χ1n) is 5.50. The van der Waals surface area contributed by atoms with E-state index in [0.717, 1.165) is 10.3 Å².